The Kier molecular flexibility index (Phi) is 14.7. The molecule has 0 aromatic carbocycles. The van der Waals surface area contributed by atoms with Crippen LogP contribution in [0.4, 0.5) is 0 Å². The number of hydrogen-bond donors (Lipinski definition) is 0. The van der Waals surface area contributed by atoms with Crippen LogP contribution in [0.15, 0.2) is 4.99 Å². The van der Waals surface area contributed by atoms with E-state index in [9.17, 15) is 0 Å². The predicted octanol–water partition coefficient (Wildman–Crippen LogP) is 5.05. The Bertz CT molecular complexity index is 290. The zero-order valence-corrected chi connectivity index (χ0v) is 17.8. The molecule has 0 amide bonds. The predicted molar refractivity (Wildman–Crippen MR) is 108 cm³/mol. The molecule has 0 saturated carbocycles. The third-order valence-corrected chi connectivity index (χ3v) is 5.17. The lowest BCUT2D eigenvalue weighted by Gasteiger charge is -2.27. The molecule has 23 heavy (non-hydrogen) atoms. The van der Waals surface area contributed by atoms with E-state index < -0.39 is 0 Å². The van der Waals surface area contributed by atoms with Crippen LogP contribution in [0, 0.1) is 0 Å². The molecule has 0 bridgehead atoms. The van der Waals surface area contributed by atoms with Crippen LogP contribution in [-0.4, -0.2) is 58.4 Å². The van der Waals surface area contributed by atoms with Gasteiger partial charge in [0.25, 0.3) is 0 Å². The van der Waals surface area contributed by atoms with Crippen LogP contribution in [0.3, 0.4) is 0 Å². The molecular formula is C19H42N3Si. The minimum absolute atomic E-state index is 0.246. The van der Waals surface area contributed by atoms with Crippen molar-refractivity contribution in [3.63, 3.8) is 0 Å². The first-order valence-corrected chi connectivity index (χ1v) is 12.4. The van der Waals surface area contributed by atoms with E-state index in [2.05, 4.69) is 51.0 Å². The average molecular weight is 341 g/mol. The highest BCUT2D eigenvalue weighted by Crippen LogP contribution is 2.10. The van der Waals surface area contributed by atoms with Gasteiger partial charge in [0.2, 0.25) is 0 Å². The summed E-state index contributed by atoms with van der Waals surface area (Å²) in [5.74, 6) is 1.15. The number of unbranched alkanes of at least 4 members (excludes halogenated alkanes) is 9. The number of guanidine groups is 1. The third-order valence-electron chi connectivity index (χ3n) is 4.06. The lowest BCUT2D eigenvalue weighted by atomic mass is 10.1. The van der Waals surface area contributed by atoms with E-state index in [1.807, 2.05) is 0 Å². The molecule has 4 heteroatoms. The van der Waals surface area contributed by atoms with Crippen molar-refractivity contribution in [2.24, 2.45) is 4.99 Å². The van der Waals surface area contributed by atoms with Gasteiger partial charge in [-0.3, -0.25) is 4.99 Å². The van der Waals surface area contributed by atoms with E-state index in [0.717, 1.165) is 12.5 Å². The third kappa shape index (κ3) is 13.6. The van der Waals surface area contributed by atoms with Crippen molar-refractivity contribution in [2.75, 3.05) is 33.9 Å². The molecule has 0 spiro atoms. The summed E-state index contributed by atoms with van der Waals surface area (Å²) in [6.45, 7) is 7.98. The minimum Gasteiger partial charge on any atom is -0.349 e. The van der Waals surface area contributed by atoms with Crippen LogP contribution in [-0.2, 0) is 0 Å². The normalized spacial score (nSPS) is 12.0. The van der Waals surface area contributed by atoms with Crippen LogP contribution in [0.5, 0.6) is 0 Å². The summed E-state index contributed by atoms with van der Waals surface area (Å²) in [7, 11) is 6.14. The molecular weight excluding hydrogens is 298 g/mol. The van der Waals surface area contributed by atoms with Gasteiger partial charge in [-0.05, 0) is 6.42 Å². The van der Waals surface area contributed by atoms with Crippen molar-refractivity contribution in [3.8, 4) is 0 Å². The molecule has 1 radical (unpaired) electrons. The van der Waals surface area contributed by atoms with Crippen molar-refractivity contribution in [1.29, 1.82) is 0 Å². The Morgan fingerprint density at radius 3 is 1.70 bits per heavy atom. The van der Waals surface area contributed by atoms with Gasteiger partial charge in [0.05, 0.1) is 8.80 Å². The first kappa shape index (κ1) is 22.5. The molecule has 0 aliphatic rings. The smallest absolute Gasteiger partial charge is 0.195 e. The molecule has 0 atom stereocenters. The molecule has 0 unspecified atom stereocenters. The van der Waals surface area contributed by atoms with Crippen LogP contribution < -0.4 is 0 Å². The number of aliphatic imine (C=N–C) groups is 1. The maximum Gasteiger partial charge on any atom is 0.195 e. The van der Waals surface area contributed by atoms with Gasteiger partial charge in [0.1, 0.15) is 0 Å². The second-order valence-electron chi connectivity index (χ2n) is 7.32. The zero-order valence-electron chi connectivity index (χ0n) is 16.8. The van der Waals surface area contributed by atoms with Crippen molar-refractivity contribution in [3.05, 3.63) is 0 Å². The monoisotopic (exact) mass is 340 g/mol. The second kappa shape index (κ2) is 15.0. The Morgan fingerprint density at radius 1 is 0.783 bits per heavy atom. The second-order valence-corrected chi connectivity index (χ2v) is 10.1. The van der Waals surface area contributed by atoms with Gasteiger partial charge in [-0.25, -0.2) is 0 Å². The maximum absolute atomic E-state index is 4.83. The molecule has 137 valence electrons. The fourth-order valence-corrected chi connectivity index (χ4v) is 4.02. The van der Waals surface area contributed by atoms with Gasteiger partial charge in [-0.2, -0.15) is 0 Å². The van der Waals surface area contributed by atoms with E-state index in [0.29, 0.717) is 0 Å². The fourth-order valence-electron chi connectivity index (χ4n) is 2.93. The van der Waals surface area contributed by atoms with Crippen LogP contribution >= 0.6 is 0 Å². The molecule has 0 fully saturated rings. The standard InChI is InChI=1S/C19H42N3Si/c1-7-8-9-10-11-12-13-14-15-16-17-20-19(21(2)3)22(4)18-23(5)6/h7-18H2,1-6H3. The molecule has 0 aliphatic carbocycles. The fraction of sp³-hybridized carbons (Fsp3) is 0.947. The largest absolute Gasteiger partial charge is 0.349 e. The molecule has 0 heterocycles. The molecule has 0 rings (SSSR count). The van der Waals surface area contributed by atoms with Gasteiger partial charge in [0.15, 0.2) is 5.96 Å². The Balaban J connectivity index is 3.72. The molecule has 0 aromatic heterocycles. The molecule has 0 N–H and O–H groups in total. The summed E-state index contributed by atoms with van der Waals surface area (Å²) in [4.78, 5) is 9.31. The van der Waals surface area contributed by atoms with E-state index in [1.54, 1.807) is 0 Å². The van der Waals surface area contributed by atoms with Gasteiger partial charge in [0, 0.05) is 33.9 Å². The number of hydrogen-bond acceptors (Lipinski definition) is 1. The lowest BCUT2D eigenvalue weighted by Crippen LogP contribution is -2.42. The van der Waals surface area contributed by atoms with Crippen LogP contribution in [0.2, 0.25) is 13.1 Å². The number of nitrogens with zero attached hydrogens (tertiary/aromatic N) is 3. The zero-order chi connectivity index (χ0) is 17.5. The lowest BCUT2D eigenvalue weighted by molar-refractivity contribution is 0.461. The summed E-state index contributed by atoms with van der Waals surface area (Å²) < 4.78 is 0. The van der Waals surface area contributed by atoms with Gasteiger partial charge in [-0.1, -0.05) is 77.8 Å². The van der Waals surface area contributed by atoms with Crippen molar-refractivity contribution in [2.45, 2.75) is 84.2 Å². The molecule has 3 nitrogen and oxygen atoms in total. The highest BCUT2D eigenvalue weighted by Gasteiger charge is 2.10. The quantitative estimate of drug-likeness (QED) is 0.202. The Labute approximate surface area is 148 Å². The summed E-state index contributed by atoms with van der Waals surface area (Å²) in [5.41, 5.74) is 0. The molecule has 0 aromatic rings. The average Bonchev–Trinajstić information content (AvgIpc) is 2.47. The van der Waals surface area contributed by atoms with Crippen molar-refractivity contribution < 1.29 is 0 Å². The van der Waals surface area contributed by atoms with Crippen molar-refractivity contribution in [1.82, 2.24) is 9.80 Å². The van der Waals surface area contributed by atoms with Crippen LogP contribution in [0.25, 0.3) is 0 Å². The Hall–Kier alpha value is -0.513. The van der Waals surface area contributed by atoms with Gasteiger partial charge in [-0.15, -0.1) is 0 Å². The topological polar surface area (TPSA) is 18.8 Å². The minimum atomic E-state index is -0.246. The van der Waals surface area contributed by atoms with E-state index >= 15 is 0 Å². The number of rotatable bonds is 13. The van der Waals surface area contributed by atoms with Gasteiger partial charge >= 0.3 is 0 Å². The summed E-state index contributed by atoms with van der Waals surface area (Å²) >= 11 is 0. The van der Waals surface area contributed by atoms with Crippen molar-refractivity contribution >= 4 is 14.8 Å². The summed E-state index contributed by atoms with van der Waals surface area (Å²) in [5, 5.41) is 0. The molecule has 0 aliphatic heterocycles. The molecule has 0 saturated heterocycles. The van der Waals surface area contributed by atoms with Gasteiger partial charge < -0.3 is 9.80 Å². The maximum atomic E-state index is 4.83. The first-order valence-electron chi connectivity index (χ1n) is 9.71. The van der Waals surface area contributed by atoms with E-state index in [-0.39, 0.29) is 8.80 Å². The summed E-state index contributed by atoms with van der Waals surface area (Å²) in [6, 6.07) is 0. The first-order chi connectivity index (χ1) is 11.0. The summed E-state index contributed by atoms with van der Waals surface area (Å²) in [6.07, 6.45) is 15.0. The highest BCUT2D eigenvalue weighted by molar-refractivity contribution is 6.56. The SMILES string of the molecule is CCCCCCCCCCCCN=C(N(C)C)N(C)C[Si](C)C. The highest BCUT2D eigenvalue weighted by atomic mass is 28.3. The van der Waals surface area contributed by atoms with Crippen LogP contribution in [0.1, 0.15) is 71.1 Å². The van der Waals surface area contributed by atoms with E-state index in [4.69, 9.17) is 4.99 Å². The van der Waals surface area contributed by atoms with E-state index in [1.165, 1.54) is 70.4 Å². The Morgan fingerprint density at radius 2 is 1.26 bits per heavy atom.